The van der Waals surface area contributed by atoms with Crippen LogP contribution in [0.4, 0.5) is 0 Å². The molecule has 0 radical (unpaired) electrons. The number of aryl methyl sites for hydroxylation is 2. The summed E-state index contributed by atoms with van der Waals surface area (Å²) in [5.41, 5.74) is 3.06. The molecule has 2 aliphatic rings. The van der Waals surface area contributed by atoms with Crippen LogP contribution in [0.25, 0.3) is 0 Å². The van der Waals surface area contributed by atoms with Crippen molar-refractivity contribution in [2.24, 2.45) is 5.41 Å². The van der Waals surface area contributed by atoms with Crippen molar-refractivity contribution < 1.29 is 14.3 Å². The molecule has 0 bridgehead atoms. The lowest BCUT2D eigenvalue weighted by atomic mass is 9.77. The van der Waals surface area contributed by atoms with Gasteiger partial charge in [0.25, 0.3) is 5.91 Å². The SMILES string of the molecule is COCCN1CC2(CCN(C(=O)c3cc(C)cc(C)c3)CC2)CC1=O. The van der Waals surface area contributed by atoms with Crippen molar-refractivity contribution in [1.82, 2.24) is 9.80 Å². The van der Waals surface area contributed by atoms with Gasteiger partial charge in [-0.3, -0.25) is 9.59 Å². The smallest absolute Gasteiger partial charge is 0.253 e. The van der Waals surface area contributed by atoms with Gasteiger partial charge in [0.15, 0.2) is 0 Å². The van der Waals surface area contributed by atoms with Gasteiger partial charge in [-0.15, -0.1) is 0 Å². The van der Waals surface area contributed by atoms with Crippen molar-refractivity contribution in [2.75, 3.05) is 39.9 Å². The fraction of sp³-hybridized carbons (Fsp3) is 0.600. The van der Waals surface area contributed by atoms with Crippen LogP contribution in [0.15, 0.2) is 18.2 Å². The maximum Gasteiger partial charge on any atom is 0.253 e. The van der Waals surface area contributed by atoms with E-state index in [0.717, 1.165) is 49.2 Å². The number of piperidine rings is 1. The summed E-state index contributed by atoms with van der Waals surface area (Å²) in [5.74, 6) is 0.341. The molecule has 0 aromatic heterocycles. The highest BCUT2D eigenvalue weighted by molar-refractivity contribution is 5.94. The predicted octanol–water partition coefficient (Wildman–Crippen LogP) is 2.40. The Morgan fingerprint density at radius 3 is 2.40 bits per heavy atom. The molecule has 0 unspecified atom stereocenters. The summed E-state index contributed by atoms with van der Waals surface area (Å²) in [6, 6.07) is 6.01. The molecule has 1 aromatic rings. The second kappa shape index (κ2) is 7.16. The Bertz CT molecular complexity index is 643. The van der Waals surface area contributed by atoms with Crippen LogP contribution < -0.4 is 0 Å². The summed E-state index contributed by atoms with van der Waals surface area (Å²) < 4.78 is 5.10. The molecular formula is C20H28N2O3. The van der Waals surface area contributed by atoms with E-state index >= 15 is 0 Å². The Labute approximate surface area is 149 Å². The van der Waals surface area contributed by atoms with E-state index in [9.17, 15) is 9.59 Å². The molecule has 1 spiro atoms. The van der Waals surface area contributed by atoms with Gasteiger partial charge in [-0.1, -0.05) is 17.2 Å². The van der Waals surface area contributed by atoms with Crippen molar-refractivity contribution in [3.05, 3.63) is 34.9 Å². The van der Waals surface area contributed by atoms with E-state index in [2.05, 4.69) is 6.07 Å². The van der Waals surface area contributed by atoms with Gasteiger partial charge in [-0.2, -0.15) is 0 Å². The van der Waals surface area contributed by atoms with Crippen LogP contribution in [0.1, 0.15) is 40.7 Å². The zero-order chi connectivity index (χ0) is 18.0. The Hall–Kier alpha value is -1.88. The van der Waals surface area contributed by atoms with Gasteiger partial charge in [0.05, 0.1) is 6.61 Å². The molecule has 25 heavy (non-hydrogen) atoms. The molecule has 2 amide bonds. The Morgan fingerprint density at radius 1 is 1.16 bits per heavy atom. The van der Waals surface area contributed by atoms with E-state index in [4.69, 9.17) is 4.74 Å². The summed E-state index contributed by atoms with van der Waals surface area (Å²) >= 11 is 0. The molecule has 0 aliphatic carbocycles. The number of rotatable bonds is 4. The van der Waals surface area contributed by atoms with Gasteiger partial charge in [0.2, 0.25) is 5.91 Å². The summed E-state index contributed by atoms with van der Waals surface area (Å²) in [6.07, 6.45) is 2.42. The van der Waals surface area contributed by atoms with Crippen molar-refractivity contribution in [3.8, 4) is 0 Å². The molecule has 136 valence electrons. The lowest BCUT2D eigenvalue weighted by Crippen LogP contribution is -2.44. The second-order valence-corrected chi connectivity index (χ2v) is 7.65. The molecule has 1 aromatic carbocycles. The highest BCUT2D eigenvalue weighted by Crippen LogP contribution is 2.41. The minimum atomic E-state index is 0.0458. The molecule has 0 saturated carbocycles. The van der Waals surface area contributed by atoms with Crippen molar-refractivity contribution in [2.45, 2.75) is 33.1 Å². The number of nitrogens with zero attached hydrogens (tertiary/aromatic N) is 2. The van der Waals surface area contributed by atoms with E-state index < -0.39 is 0 Å². The van der Waals surface area contributed by atoms with Gasteiger partial charge in [0.1, 0.15) is 0 Å². The monoisotopic (exact) mass is 344 g/mol. The summed E-state index contributed by atoms with van der Waals surface area (Å²) in [6.45, 7) is 7.57. The normalized spacial score (nSPS) is 19.7. The van der Waals surface area contributed by atoms with Gasteiger partial charge >= 0.3 is 0 Å². The van der Waals surface area contributed by atoms with Crippen LogP contribution in [-0.4, -0.2) is 61.5 Å². The van der Waals surface area contributed by atoms with Crippen LogP contribution in [0.5, 0.6) is 0 Å². The lowest BCUT2D eigenvalue weighted by molar-refractivity contribution is -0.128. The average Bonchev–Trinajstić information content (AvgIpc) is 2.87. The minimum absolute atomic E-state index is 0.0458. The fourth-order valence-electron chi connectivity index (χ4n) is 4.19. The number of methoxy groups -OCH3 is 1. The first-order valence-corrected chi connectivity index (χ1v) is 9.07. The first-order chi connectivity index (χ1) is 11.9. The second-order valence-electron chi connectivity index (χ2n) is 7.65. The maximum absolute atomic E-state index is 12.8. The summed E-state index contributed by atoms with van der Waals surface area (Å²) in [7, 11) is 1.66. The third kappa shape index (κ3) is 3.87. The number of carbonyl (C=O) groups is 2. The average molecular weight is 344 g/mol. The number of hydrogen-bond acceptors (Lipinski definition) is 3. The third-order valence-corrected chi connectivity index (χ3v) is 5.55. The van der Waals surface area contributed by atoms with Crippen LogP contribution in [0, 0.1) is 19.3 Å². The molecule has 5 heteroatoms. The Balaban J connectivity index is 1.62. The largest absolute Gasteiger partial charge is 0.383 e. The predicted molar refractivity (Wildman–Crippen MR) is 96.6 cm³/mol. The van der Waals surface area contributed by atoms with E-state index in [1.165, 1.54) is 0 Å². The van der Waals surface area contributed by atoms with Crippen molar-refractivity contribution in [1.29, 1.82) is 0 Å². The first kappa shape index (κ1) is 17.9. The number of carbonyl (C=O) groups excluding carboxylic acids is 2. The Kier molecular flexibility index (Phi) is 5.13. The molecule has 3 rings (SSSR count). The molecule has 2 aliphatic heterocycles. The van der Waals surface area contributed by atoms with Gasteiger partial charge in [-0.25, -0.2) is 0 Å². The van der Waals surface area contributed by atoms with E-state index in [1.54, 1.807) is 7.11 Å². The minimum Gasteiger partial charge on any atom is -0.383 e. The summed E-state index contributed by atoms with van der Waals surface area (Å²) in [4.78, 5) is 28.9. The Morgan fingerprint density at radius 2 is 1.80 bits per heavy atom. The third-order valence-electron chi connectivity index (χ3n) is 5.55. The standard InChI is InChI=1S/C20H28N2O3/c1-15-10-16(2)12-17(11-15)19(24)21-6-4-20(5-7-21)13-18(23)22(14-20)8-9-25-3/h10-12H,4-9,13-14H2,1-3H3. The van der Waals surface area contributed by atoms with Gasteiger partial charge in [0, 0.05) is 50.7 Å². The van der Waals surface area contributed by atoms with E-state index in [-0.39, 0.29) is 17.2 Å². The zero-order valence-corrected chi connectivity index (χ0v) is 15.5. The molecule has 2 fully saturated rings. The van der Waals surface area contributed by atoms with Crippen molar-refractivity contribution >= 4 is 11.8 Å². The van der Waals surface area contributed by atoms with Crippen LogP contribution >= 0.6 is 0 Å². The molecule has 0 N–H and O–H groups in total. The number of hydrogen-bond donors (Lipinski definition) is 0. The maximum atomic E-state index is 12.8. The topological polar surface area (TPSA) is 49.9 Å². The molecule has 2 saturated heterocycles. The number of benzene rings is 1. The molecule has 5 nitrogen and oxygen atoms in total. The first-order valence-electron chi connectivity index (χ1n) is 9.07. The quantitative estimate of drug-likeness (QED) is 0.843. The van der Waals surface area contributed by atoms with Crippen molar-refractivity contribution in [3.63, 3.8) is 0 Å². The molecular weight excluding hydrogens is 316 g/mol. The van der Waals surface area contributed by atoms with Crippen LogP contribution in [0.2, 0.25) is 0 Å². The van der Waals surface area contributed by atoms with Gasteiger partial charge in [-0.05, 0) is 38.8 Å². The van der Waals surface area contributed by atoms with Gasteiger partial charge < -0.3 is 14.5 Å². The van der Waals surface area contributed by atoms with Crippen LogP contribution in [-0.2, 0) is 9.53 Å². The molecule has 0 atom stereocenters. The highest BCUT2D eigenvalue weighted by atomic mass is 16.5. The fourth-order valence-corrected chi connectivity index (χ4v) is 4.19. The molecule has 2 heterocycles. The number of amides is 2. The van der Waals surface area contributed by atoms with E-state index in [1.807, 2.05) is 35.8 Å². The zero-order valence-electron chi connectivity index (χ0n) is 15.5. The summed E-state index contributed by atoms with van der Waals surface area (Å²) in [5, 5.41) is 0. The van der Waals surface area contributed by atoms with Crippen LogP contribution in [0.3, 0.4) is 0 Å². The lowest BCUT2D eigenvalue weighted by Gasteiger charge is -2.39. The number of likely N-dealkylation sites (tertiary alicyclic amines) is 2. The van der Waals surface area contributed by atoms with E-state index in [0.29, 0.717) is 19.6 Å². The highest BCUT2D eigenvalue weighted by Gasteiger charge is 2.45. The number of ether oxygens (including phenoxy) is 1.